The van der Waals surface area contributed by atoms with E-state index in [1.165, 1.54) is 25.3 Å². The number of benzene rings is 3. The Morgan fingerprint density at radius 2 is 1.81 bits per heavy atom. The summed E-state index contributed by atoms with van der Waals surface area (Å²) in [5.74, 6) is -0.607. The molecule has 9 heteroatoms. The van der Waals surface area contributed by atoms with Crippen molar-refractivity contribution < 1.29 is 19.2 Å². The molecular formula is C22H20N4O5. The molecule has 3 rings (SSSR count). The number of carbonyl (C=O) groups is 2. The summed E-state index contributed by atoms with van der Waals surface area (Å²) in [6, 6.07) is 17.1. The molecule has 2 N–H and O–H groups in total. The van der Waals surface area contributed by atoms with Crippen molar-refractivity contribution in [1.82, 2.24) is 5.43 Å². The molecule has 0 aliphatic heterocycles. The number of rotatable bonds is 7. The minimum absolute atomic E-state index is 0.0452. The fourth-order valence-electron chi connectivity index (χ4n) is 2.90. The largest absolute Gasteiger partial charge is 0.496 e. The minimum atomic E-state index is -0.608. The van der Waals surface area contributed by atoms with Crippen LogP contribution in [0.4, 0.5) is 11.4 Å². The standard InChI is InChI=1S/C22H20N4O5/c1-14(11-21(27)23-19-10-9-18(31-2)13-20(19)26(29)30)24-25-22(28)17-8-7-15-5-3-4-6-16(15)12-17/h3-10,12-13H,11H2,1-2H3,(H,23,27)(H,25,28)/b24-14-. The van der Waals surface area contributed by atoms with Gasteiger partial charge in [-0.3, -0.25) is 19.7 Å². The summed E-state index contributed by atoms with van der Waals surface area (Å²) in [4.78, 5) is 35.2. The Hall–Kier alpha value is -4.27. The molecule has 0 heterocycles. The molecule has 0 aromatic heterocycles. The summed E-state index contributed by atoms with van der Waals surface area (Å²) in [6.07, 6.45) is -0.152. The molecule has 9 nitrogen and oxygen atoms in total. The van der Waals surface area contributed by atoms with Crippen molar-refractivity contribution in [3.05, 3.63) is 76.3 Å². The van der Waals surface area contributed by atoms with E-state index in [0.717, 1.165) is 10.8 Å². The van der Waals surface area contributed by atoms with E-state index in [1.807, 2.05) is 30.3 Å². The van der Waals surface area contributed by atoms with Crippen LogP contribution in [0.15, 0.2) is 65.8 Å². The molecule has 31 heavy (non-hydrogen) atoms. The molecule has 0 saturated carbocycles. The van der Waals surface area contributed by atoms with Crippen LogP contribution in [0.1, 0.15) is 23.7 Å². The number of amides is 2. The third-order valence-electron chi connectivity index (χ3n) is 4.45. The first kappa shape index (κ1) is 21.4. The number of nitro benzene ring substituents is 1. The van der Waals surface area contributed by atoms with Gasteiger partial charge in [-0.1, -0.05) is 30.3 Å². The van der Waals surface area contributed by atoms with Crippen molar-refractivity contribution in [3.63, 3.8) is 0 Å². The van der Waals surface area contributed by atoms with Crippen LogP contribution in [-0.2, 0) is 4.79 Å². The van der Waals surface area contributed by atoms with Crippen molar-refractivity contribution in [2.75, 3.05) is 12.4 Å². The van der Waals surface area contributed by atoms with Gasteiger partial charge in [-0.15, -0.1) is 0 Å². The molecule has 0 unspecified atom stereocenters. The molecule has 3 aromatic rings. The van der Waals surface area contributed by atoms with Gasteiger partial charge in [-0.25, -0.2) is 5.43 Å². The molecule has 2 amide bonds. The summed E-state index contributed by atoms with van der Waals surface area (Å²) in [5, 5.41) is 19.6. The highest BCUT2D eigenvalue weighted by Gasteiger charge is 2.17. The third-order valence-corrected chi connectivity index (χ3v) is 4.45. The first-order valence-corrected chi connectivity index (χ1v) is 9.32. The number of hydrazone groups is 1. The first-order chi connectivity index (χ1) is 14.9. The van der Waals surface area contributed by atoms with Gasteiger partial charge in [0.1, 0.15) is 11.4 Å². The highest BCUT2D eigenvalue weighted by Crippen LogP contribution is 2.29. The maximum atomic E-state index is 12.3. The van der Waals surface area contributed by atoms with Gasteiger partial charge in [0.25, 0.3) is 11.6 Å². The highest BCUT2D eigenvalue weighted by atomic mass is 16.6. The molecule has 0 saturated heterocycles. The molecule has 0 radical (unpaired) electrons. The topological polar surface area (TPSA) is 123 Å². The van der Waals surface area contributed by atoms with Gasteiger partial charge < -0.3 is 10.1 Å². The lowest BCUT2D eigenvalue weighted by atomic mass is 10.1. The minimum Gasteiger partial charge on any atom is -0.496 e. The Morgan fingerprint density at radius 3 is 2.52 bits per heavy atom. The Balaban J connectivity index is 1.62. The fraction of sp³-hybridized carbons (Fsp3) is 0.136. The van der Waals surface area contributed by atoms with Crippen molar-refractivity contribution in [2.24, 2.45) is 5.10 Å². The average Bonchev–Trinajstić information content (AvgIpc) is 2.77. The number of ether oxygens (including phenoxy) is 1. The normalized spacial score (nSPS) is 11.1. The quantitative estimate of drug-likeness (QED) is 0.341. The first-order valence-electron chi connectivity index (χ1n) is 9.32. The predicted molar refractivity (Wildman–Crippen MR) is 117 cm³/mol. The highest BCUT2D eigenvalue weighted by molar-refractivity contribution is 6.07. The number of nitrogens with one attached hydrogen (secondary N) is 2. The number of carbonyl (C=O) groups excluding carboxylic acids is 2. The Labute approximate surface area is 177 Å². The molecule has 3 aromatic carbocycles. The van der Waals surface area contributed by atoms with E-state index in [2.05, 4.69) is 15.8 Å². The summed E-state index contributed by atoms with van der Waals surface area (Å²) < 4.78 is 4.97. The molecule has 0 bridgehead atoms. The number of nitrogens with zero attached hydrogens (tertiary/aromatic N) is 2. The van der Waals surface area contributed by atoms with Gasteiger partial charge in [0.2, 0.25) is 5.91 Å². The van der Waals surface area contributed by atoms with Crippen LogP contribution in [0, 0.1) is 10.1 Å². The van der Waals surface area contributed by atoms with Crippen LogP contribution in [-0.4, -0.2) is 29.6 Å². The van der Waals surface area contributed by atoms with E-state index in [4.69, 9.17) is 4.74 Å². The number of methoxy groups -OCH3 is 1. The smallest absolute Gasteiger partial charge is 0.296 e. The Morgan fingerprint density at radius 1 is 1.06 bits per heavy atom. The van der Waals surface area contributed by atoms with Gasteiger partial charge in [-0.2, -0.15) is 5.10 Å². The van der Waals surface area contributed by atoms with Gasteiger partial charge in [0, 0.05) is 11.3 Å². The van der Waals surface area contributed by atoms with Gasteiger partial charge >= 0.3 is 0 Å². The third kappa shape index (κ3) is 5.41. The Bertz CT molecular complexity index is 1190. The molecule has 158 valence electrons. The lowest BCUT2D eigenvalue weighted by Crippen LogP contribution is -2.21. The van der Waals surface area contributed by atoms with Crippen molar-refractivity contribution in [3.8, 4) is 5.75 Å². The Kier molecular flexibility index (Phi) is 6.56. The van der Waals surface area contributed by atoms with E-state index in [9.17, 15) is 19.7 Å². The molecule has 0 spiro atoms. The zero-order valence-corrected chi connectivity index (χ0v) is 16.9. The molecule has 0 atom stereocenters. The number of hydrogen-bond donors (Lipinski definition) is 2. The number of hydrogen-bond acceptors (Lipinski definition) is 6. The zero-order valence-electron chi connectivity index (χ0n) is 16.9. The van der Waals surface area contributed by atoms with Crippen LogP contribution < -0.4 is 15.5 Å². The van der Waals surface area contributed by atoms with Gasteiger partial charge in [0.05, 0.1) is 24.5 Å². The molecule has 0 aliphatic carbocycles. The van der Waals surface area contributed by atoms with Crippen molar-refractivity contribution >= 4 is 39.7 Å². The lowest BCUT2D eigenvalue weighted by Gasteiger charge is -2.08. The second-order valence-electron chi connectivity index (χ2n) is 6.72. The lowest BCUT2D eigenvalue weighted by molar-refractivity contribution is -0.384. The second-order valence-corrected chi connectivity index (χ2v) is 6.72. The van der Waals surface area contributed by atoms with Crippen LogP contribution >= 0.6 is 0 Å². The van der Waals surface area contributed by atoms with E-state index < -0.39 is 16.7 Å². The maximum absolute atomic E-state index is 12.3. The predicted octanol–water partition coefficient (Wildman–Crippen LogP) is 3.89. The molecule has 0 fully saturated rings. The molecule has 0 aliphatic rings. The fourth-order valence-corrected chi connectivity index (χ4v) is 2.90. The average molecular weight is 420 g/mol. The van der Waals surface area contributed by atoms with Gasteiger partial charge in [0.15, 0.2) is 0 Å². The monoisotopic (exact) mass is 420 g/mol. The van der Waals surface area contributed by atoms with E-state index in [0.29, 0.717) is 17.0 Å². The van der Waals surface area contributed by atoms with E-state index in [1.54, 1.807) is 19.1 Å². The number of fused-ring (bicyclic) bond motifs is 1. The van der Waals surface area contributed by atoms with Crippen LogP contribution in [0.5, 0.6) is 5.75 Å². The number of anilines is 1. The number of nitro groups is 1. The van der Waals surface area contributed by atoms with Crippen LogP contribution in [0.25, 0.3) is 10.8 Å². The molecular weight excluding hydrogens is 400 g/mol. The summed E-state index contributed by atoms with van der Waals surface area (Å²) in [7, 11) is 1.39. The SMILES string of the molecule is COc1ccc(NC(=O)C/C(C)=N\NC(=O)c2ccc3ccccc3c2)c([N+](=O)[O-])c1. The summed E-state index contributed by atoms with van der Waals surface area (Å²) in [5.41, 5.74) is 2.96. The second kappa shape index (κ2) is 9.49. The summed E-state index contributed by atoms with van der Waals surface area (Å²) in [6.45, 7) is 1.57. The van der Waals surface area contributed by atoms with Crippen molar-refractivity contribution in [2.45, 2.75) is 13.3 Å². The van der Waals surface area contributed by atoms with E-state index >= 15 is 0 Å². The summed E-state index contributed by atoms with van der Waals surface area (Å²) >= 11 is 0. The van der Waals surface area contributed by atoms with E-state index in [-0.39, 0.29) is 17.8 Å². The maximum Gasteiger partial charge on any atom is 0.296 e. The zero-order chi connectivity index (χ0) is 22.4. The van der Waals surface area contributed by atoms with Crippen LogP contribution in [0.3, 0.4) is 0 Å². The van der Waals surface area contributed by atoms with Crippen LogP contribution in [0.2, 0.25) is 0 Å². The van der Waals surface area contributed by atoms with Crippen molar-refractivity contribution in [1.29, 1.82) is 0 Å². The van der Waals surface area contributed by atoms with Gasteiger partial charge in [-0.05, 0) is 42.0 Å².